The van der Waals surface area contributed by atoms with Gasteiger partial charge in [-0.25, -0.2) is 9.37 Å². The molecule has 0 aliphatic heterocycles. The molecule has 0 unspecified atom stereocenters. The average molecular weight is 359 g/mol. The fourth-order valence-corrected chi connectivity index (χ4v) is 3.06. The van der Waals surface area contributed by atoms with Crippen molar-refractivity contribution in [3.63, 3.8) is 0 Å². The van der Waals surface area contributed by atoms with Gasteiger partial charge in [0.05, 0.1) is 6.61 Å². The summed E-state index contributed by atoms with van der Waals surface area (Å²) < 4.78 is 25.7. The molecule has 1 saturated carbocycles. The maximum atomic E-state index is 14.4. The first-order valence-corrected chi connectivity index (χ1v) is 8.89. The average Bonchev–Trinajstić information content (AvgIpc) is 3.13. The highest BCUT2D eigenvalue weighted by atomic mass is 19.1. The number of aliphatic carboxylic acids is 1. The standard InChI is InChI=1S/C20H22FNO4/c21-17-13-14(9-10-18(17)25-12-4-8-19(23)24)16-7-3-11-22-20(16)26-15-5-1-2-6-15/h3,7,9-11,13,15H,1-2,4-6,8,12H2,(H,23,24). The molecule has 1 aliphatic rings. The van der Waals surface area contributed by atoms with Crippen molar-refractivity contribution in [2.75, 3.05) is 6.61 Å². The maximum Gasteiger partial charge on any atom is 0.303 e. The predicted octanol–water partition coefficient (Wildman–Crippen LogP) is 4.45. The molecule has 2 aromatic rings. The van der Waals surface area contributed by atoms with Gasteiger partial charge in [0, 0.05) is 18.2 Å². The van der Waals surface area contributed by atoms with Crippen molar-refractivity contribution >= 4 is 5.97 Å². The fraction of sp³-hybridized carbons (Fsp3) is 0.400. The van der Waals surface area contributed by atoms with Crippen LogP contribution in [0.15, 0.2) is 36.5 Å². The summed E-state index contributed by atoms with van der Waals surface area (Å²) in [5, 5.41) is 8.61. The Hall–Kier alpha value is -2.63. The molecule has 1 fully saturated rings. The molecule has 3 rings (SSSR count). The number of nitrogens with zero attached hydrogens (tertiary/aromatic N) is 1. The summed E-state index contributed by atoms with van der Waals surface area (Å²) in [6.45, 7) is 0.158. The molecule has 1 aliphatic carbocycles. The van der Waals surface area contributed by atoms with Crippen LogP contribution in [0.3, 0.4) is 0 Å². The van der Waals surface area contributed by atoms with Gasteiger partial charge in [-0.05, 0) is 61.9 Å². The molecular formula is C20H22FNO4. The van der Waals surface area contributed by atoms with E-state index in [0.29, 0.717) is 17.9 Å². The summed E-state index contributed by atoms with van der Waals surface area (Å²) in [6, 6.07) is 8.36. The summed E-state index contributed by atoms with van der Waals surface area (Å²) in [7, 11) is 0. The van der Waals surface area contributed by atoms with E-state index in [9.17, 15) is 9.18 Å². The van der Waals surface area contributed by atoms with Crippen LogP contribution >= 0.6 is 0 Å². The molecule has 0 radical (unpaired) electrons. The van der Waals surface area contributed by atoms with E-state index in [2.05, 4.69) is 4.98 Å². The molecule has 138 valence electrons. The monoisotopic (exact) mass is 359 g/mol. The maximum absolute atomic E-state index is 14.4. The summed E-state index contributed by atoms with van der Waals surface area (Å²) in [4.78, 5) is 14.8. The van der Waals surface area contributed by atoms with E-state index in [1.54, 1.807) is 24.4 Å². The number of ether oxygens (including phenoxy) is 2. The largest absolute Gasteiger partial charge is 0.491 e. The van der Waals surface area contributed by atoms with Gasteiger partial charge >= 0.3 is 5.97 Å². The van der Waals surface area contributed by atoms with Crippen LogP contribution < -0.4 is 9.47 Å². The number of hydrogen-bond acceptors (Lipinski definition) is 4. The number of carboxylic acid groups (broad SMARTS) is 1. The zero-order valence-electron chi connectivity index (χ0n) is 14.5. The van der Waals surface area contributed by atoms with Gasteiger partial charge in [0.2, 0.25) is 5.88 Å². The number of halogens is 1. The second-order valence-corrected chi connectivity index (χ2v) is 6.37. The molecule has 0 atom stereocenters. The number of rotatable bonds is 8. The van der Waals surface area contributed by atoms with Gasteiger partial charge in [-0.2, -0.15) is 0 Å². The molecule has 5 nitrogen and oxygen atoms in total. The lowest BCUT2D eigenvalue weighted by Crippen LogP contribution is -2.12. The smallest absolute Gasteiger partial charge is 0.303 e. The Balaban J connectivity index is 1.71. The minimum Gasteiger partial charge on any atom is -0.491 e. The summed E-state index contributed by atoms with van der Waals surface area (Å²) in [5.74, 6) is -0.750. The van der Waals surface area contributed by atoms with Crippen molar-refractivity contribution in [2.45, 2.75) is 44.6 Å². The Morgan fingerprint density at radius 2 is 2.08 bits per heavy atom. The lowest BCUT2D eigenvalue weighted by Gasteiger charge is -2.15. The van der Waals surface area contributed by atoms with E-state index in [0.717, 1.165) is 31.2 Å². The van der Waals surface area contributed by atoms with Gasteiger partial charge in [-0.1, -0.05) is 6.07 Å². The Bertz CT molecular complexity index is 759. The van der Waals surface area contributed by atoms with Crippen LogP contribution in [0.1, 0.15) is 38.5 Å². The highest BCUT2D eigenvalue weighted by molar-refractivity contribution is 5.69. The summed E-state index contributed by atoms with van der Waals surface area (Å²) in [5.41, 5.74) is 1.41. The van der Waals surface area contributed by atoms with Crippen LogP contribution in [0.5, 0.6) is 11.6 Å². The zero-order valence-corrected chi connectivity index (χ0v) is 14.5. The van der Waals surface area contributed by atoms with Gasteiger partial charge in [-0.3, -0.25) is 4.79 Å². The Kier molecular flexibility index (Phi) is 6.04. The molecule has 0 bridgehead atoms. The molecule has 0 saturated heterocycles. The van der Waals surface area contributed by atoms with Crippen LogP contribution in [0.25, 0.3) is 11.1 Å². The van der Waals surface area contributed by atoms with E-state index in [1.807, 2.05) is 6.07 Å². The fourth-order valence-electron chi connectivity index (χ4n) is 3.06. The van der Waals surface area contributed by atoms with Crippen LogP contribution in [0.2, 0.25) is 0 Å². The van der Waals surface area contributed by atoms with Crippen LogP contribution in [0, 0.1) is 5.82 Å². The van der Waals surface area contributed by atoms with Crippen molar-refractivity contribution in [2.24, 2.45) is 0 Å². The number of hydrogen-bond donors (Lipinski definition) is 1. The van der Waals surface area contributed by atoms with Gasteiger partial charge in [0.1, 0.15) is 6.10 Å². The molecule has 1 N–H and O–H groups in total. The summed E-state index contributed by atoms with van der Waals surface area (Å²) in [6.07, 6.45) is 6.54. The Labute approximate surface area is 151 Å². The van der Waals surface area contributed by atoms with Gasteiger partial charge in [0.25, 0.3) is 0 Å². The first kappa shape index (κ1) is 18.2. The van der Waals surface area contributed by atoms with E-state index >= 15 is 0 Å². The van der Waals surface area contributed by atoms with Crippen molar-refractivity contribution in [1.82, 2.24) is 4.98 Å². The number of pyridine rings is 1. The number of carboxylic acids is 1. The Morgan fingerprint density at radius 3 is 2.81 bits per heavy atom. The molecule has 1 aromatic heterocycles. The topological polar surface area (TPSA) is 68.7 Å². The van der Waals surface area contributed by atoms with E-state index in [-0.39, 0.29) is 24.9 Å². The quantitative estimate of drug-likeness (QED) is 0.705. The third-order valence-electron chi connectivity index (χ3n) is 4.39. The number of aromatic nitrogens is 1. The van der Waals surface area contributed by atoms with Crippen molar-refractivity contribution in [1.29, 1.82) is 0 Å². The lowest BCUT2D eigenvalue weighted by molar-refractivity contribution is -0.137. The second-order valence-electron chi connectivity index (χ2n) is 6.37. The molecule has 0 amide bonds. The first-order chi connectivity index (χ1) is 12.6. The van der Waals surface area contributed by atoms with Gasteiger partial charge in [0.15, 0.2) is 11.6 Å². The molecule has 26 heavy (non-hydrogen) atoms. The normalized spacial score (nSPS) is 14.3. The van der Waals surface area contributed by atoms with Crippen molar-refractivity contribution < 1.29 is 23.8 Å². The van der Waals surface area contributed by atoms with Crippen LogP contribution in [0.4, 0.5) is 4.39 Å². The zero-order chi connectivity index (χ0) is 18.4. The third-order valence-corrected chi connectivity index (χ3v) is 4.39. The number of carbonyl (C=O) groups is 1. The Morgan fingerprint density at radius 1 is 1.27 bits per heavy atom. The predicted molar refractivity (Wildman–Crippen MR) is 94.9 cm³/mol. The number of benzene rings is 1. The first-order valence-electron chi connectivity index (χ1n) is 8.89. The summed E-state index contributed by atoms with van der Waals surface area (Å²) >= 11 is 0. The molecule has 1 heterocycles. The second kappa shape index (κ2) is 8.65. The minimum atomic E-state index is -0.893. The molecule has 0 spiro atoms. The van der Waals surface area contributed by atoms with Crippen LogP contribution in [-0.4, -0.2) is 28.8 Å². The SMILES string of the molecule is O=C(O)CCCOc1ccc(-c2cccnc2OC2CCCC2)cc1F. The van der Waals surface area contributed by atoms with Crippen molar-refractivity contribution in [3.8, 4) is 22.8 Å². The lowest BCUT2D eigenvalue weighted by atomic mass is 10.1. The molecule has 6 heteroatoms. The highest BCUT2D eigenvalue weighted by Gasteiger charge is 2.19. The van der Waals surface area contributed by atoms with Gasteiger partial charge < -0.3 is 14.6 Å². The van der Waals surface area contributed by atoms with Crippen molar-refractivity contribution in [3.05, 3.63) is 42.3 Å². The van der Waals surface area contributed by atoms with E-state index < -0.39 is 11.8 Å². The van der Waals surface area contributed by atoms with E-state index in [4.69, 9.17) is 14.6 Å². The molecule has 1 aromatic carbocycles. The highest BCUT2D eigenvalue weighted by Crippen LogP contribution is 2.33. The molecular weight excluding hydrogens is 337 g/mol. The third kappa shape index (κ3) is 4.71. The minimum absolute atomic E-state index is 0.00273. The van der Waals surface area contributed by atoms with E-state index in [1.165, 1.54) is 6.07 Å². The van der Waals surface area contributed by atoms with Crippen LogP contribution in [-0.2, 0) is 4.79 Å². The van der Waals surface area contributed by atoms with Gasteiger partial charge in [-0.15, -0.1) is 0 Å².